The molecule has 0 fully saturated rings. The van der Waals surface area contributed by atoms with E-state index in [2.05, 4.69) is 10.1 Å². The first-order valence-electron chi connectivity index (χ1n) is 7.60. The van der Waals surface area contributed by atoms with Crippen molar-refractivity contribution in [3.05, 3.63) is 41.2 Å². The van der Waals surface area contributed by atoms with Crippen LogP contribution < -0.4 is 4.74 Å². The summed E-state index contributed by atoms with van der Waals surface area (Å²) in [5, 5.41) is 4.62. The Labute approximate surface area is 139 Å². The first-order valence-corrected chi connectivity index (χ1v) is 7.60. The van der Waals surface area contributed by atoms with Gasteiger partial charge in [0.15, 0.2) is 5.82 Å². The van der Waals surface area contributed by atoms with Crippen molar-refractivity contribution in [3.63, 3.8) is 0 Å². The van der Waals surface area contributed by atoms with Crippen LogP contribution >= 0.6 is 0 Å². The van der Waals surface area contributed by atoms with Crippen molar-refractivity contribution in [2.75, 3.05) is 14.2 Å². The molecule has 0 saturated carbocycles. The largest absolute Gasteiger partial charge is 0.497 e. The molecular formula is C17H20N4O3. The van der Waals surface area contributed by atoms with Crippen LogP contribution in [0.3, 0.4) is 0 Å². The zero-order valence-electron chi connectivity index (χ0n) is 14.5. The molecule has 0 atom stereocenters. The average Bonchev–Trinajstić information content (AvgIpc) is 3.08. The molecule has 1 amide bonds. The zero-order chi connectivity index (χ0) is 17.4. The van der Waals surface area contributed by atoms with Crippen molar-refractivity contribution in [3.8, 4) is 5.75 Å². The van der Waals surface area contributed by atoms with Crippen molar-refractivity contribution >= 4 is 16.8 Å². The fourth-order valence-corrected chi connectivity index (χ4v) is 2.82. The number of ether oxygens (including phenoxy) is 1. The molecular weight excluding hydrogens is 308 g/mol. The topological polar surface area (TPSA) is 73.4 Å². The molecule has 7 heteroatoms. The number of nitrogens with zero attached hydrogens (tertiary/aromatic N) is 4. The maximum absolute atomic E-state index is 13.0. The Morgan fingerprint density at radius 3 is 2.75 bits per heavy atom. The quantitative estimate of drug-likeness (QED) is 0.735. The summed E-state index contributed by atoms with van der Waals surface area (Å²) in [7, 11) is 5.28. The van der Waals surface area contributed by atoms with Crippen molar-refractivity contribution < 1.29 is 14.1 Å². The Hall–Kier alpha value is -2.83. The minimum Gasteiger partial charge on any atom is -0.497 e. The summed E-state index contributed by atoms with van der Waals surface area (Å²) in [6.45, 7) is 3.94. The van der Waals surface area contributed by atoms with E-state index in [1.54, 1.807) is 26.0 Å². The van der Waals surface area contributed by atoms with E-state index >= 15 is 0 Å². The first-order chi connectivity index (χ1) is 11.4. The fourth-order valence-electron chi connectivity index (χ4n) is 2.82. The van der Waals surface area contributed by atoms with E-state index in [4.69, 9.17) is 9.26 Å². The molecule has 0 bridgehead atoms. The second kappa shape index (κ2) is 5.99. The molecule has 126 valence electrons. The van der Waals surface area contributed by atoms with E-state index in [1.165, 1.54) is 0 Å². The molecule has 0 saturated heterocycles. The van der Waals surface area contributed by atoms with Crippen LogP contribution in [0, 0.1) is 13.8 Å². The molecule has 1 aromatic carbocycles. The van der Waals surface area contributed by atoms with Gasteiger partial charge in [-0.3, -0.25) is 4.79 Å². The van der Waals surface area contributed by atoms with E-state index in [1.807, 2.05) is 36.7 Å². The zero-order valence-corrected chi connectivity index (χ0v) is 14.5. The van der Waals surface area contributed by atoms with Gasteiger partial charge in [0.2, 0.25) is 5.89 Å². The second-order valence-electron chi connectivity index (χ2n) is 5.80. The molecule has 2 aromatic heterocycles. The highest BCUT2D eigenvalue weighted by atomic mass is 16.5. The monoisotopic (exact) mass is 328 g/mol. The van der Waals surface area contributed by atoms with Gasteiger partial charge in [-0.05, 0) is 32.0 Å². The Morgan fingerprint density at radius 2 is 2.12 bits per heavy atom. The molecule has 7 nitrogen and oxygen atoms in total. The third-order valence-corrected chi connectivity index (χ3v) is 4.20. The van der Waals surface area contributed by atoms with Crippen molar-refractivity contribution in [2.45, 2.75) is 20.4 Å². The summed E-state index contributed by atoms with van der Waals surface area (Å²) < 4.78 is 12.4. The predicted molar refractivity (Wildman–Crippen MR) is 89.0 cm³/mol. The molecule has 0 aliphatic rings. The Kier molecular flexibility index (Phi) is 4.01. The number of hydrogen-bond donors (Lipinski definition) is 0. The molecule has 0 spiro atoms. The number of fused-ring (bicyclic) bond motifs is 1. The van der Waals surface area contributed by atoms with E-state index in [9.17, 15) is 4.79 Å². The summed E-state index contributed by atoms with van der Waals surface area (Å²) in [5.74, 6) is 1.59. The summed E-state index contributed by atoms with van der Waals surface area (Å²) in [4.78, 5) is 18.7. The van der Waals surface area contributed by atoms with Gasteiger partial charge in [-0.15, -0.1) is 0 Å². The predicted octanol–water partition coefficient (Wildman–Crippen LogP) is 2.46. The lowest BCUT2D eigenvalue weighted by Gasteiger charge is -2.15. The molecule has 3 aromatic rings. The lowest BCUT2D eigenvalue weighted by atomic mass is 10.1. The van der Waals surface area contributed by atoms with Crippen LogP contribution in [0.15, 0.2) is 22.7 Å². The highest BCUT2D eigenvalue weighted by Gasteiger charge is 2.23. The fraction of sp³-hybridized carbons (Fsp3) is 0.353. The third-order valence-electron chi connectivity index (χ3n) is 4.20. The van der Waals surface area contributed by atoms with Gasteiger partial charge in [-0.25, -0.2) is 0 Å². The van der Waals surface area contributed by atoms with E-state index in [0.717, 1.165) is 22.3 Å². The number of rotatable bonds is 4. The van der Waals surface area contributed by atoms with Crippen LogP contribution in [0.2, 0.25) is 0 Å². The molecule has 0 aliphatic carbocycles. The summed E-state index contributed by atoms with van der Waals surface area (Å²) >= 11 is 0. The van der Waals surface area contributed by atoms with E-state index < -0.39 is 0 Å². The number of aryl methyl sites for hydroxylation is 2. The number of hydrogen-bond acceptors (Lipinski definition) is 5. The van der Waals surface area contributed by atoms with Gasteiger partial charge in [0.1, 0.15) is 5.75 Å². The smallest absolute Gasteiger partial charge is 0.256 e. The number of amides is 1. The molecule has 0 unspecified atom stereocenters. The van der Waals surface area contributed by atoms with Crippen LogP contribution in [-0.2, 0) is 13.6 Å². The molecule has 0 N–H and O–H groups in total. The minimum atomic E-state index is -0.0952. The van der Waals surface area contributed by atoms with Crippen molar-refractivity contribution in [1.82, 2.24) is 19.6 Å². The van der Waals surface area contributed by atoms with Gasteiger partial charge in [-0.1, -0.05) is 5.16 Å². The number of aromatic nitrogens is 3. The van der Waals surface area contributed by atoms with Gasteiger partial charge in [0, 0.05) is 30.7 Å². The second-order valence-corrected chi connectivity index (χ2v) is 5.80. The molecule has 3 rings (SSSR count). The van der Waals surface area contributed by atoms with Gasteiger partial charge < -0.3 is 18.7 Å². The van der Waals surface area contributed by atoms with Crippen molar-refractivity contribution in [2.24, 2.45) is 7.05 Å². The lowest BCUT2D eigenvalue weighted by molar-refractivity contribution is 0.0770. The SMILES string of the molecule is COc1ccc2c(c1)c(C(=O)N(C)Cc1nc(C)no1)c(C)n2C. The van der Waals surface area contributed by atoms with Gasteiger partial charge in [0.25, 0.3) is 5.91 Å². The Bertz CT molecular complexity index is 910. The minimum absolute atomic E-state index is 0.0952. The maximum atomic E-state index is 13.0. The van der Waals surface area contributed by atoms with Gasteiger partial charge >= 0.3 is 0 Å². The van der Waals surface area contributed by atoms with Crippen LogP contribution in [0.25, 0.3) is 10.9 Å². The number of benzene rings is 1. The van der Waals surface area contributed by atoms with Crippen LogP contribution in [0.5, 0.6) is 5.75 Å². The van der Waals surface area contributed by atoms with Crippen LogP contribution in [0.4, 0.5) is 0 Å². The van der Waals surface area contributed by atoms with Gasteiger partial charge in [-0.2, -0.15) is 4.98 Å². The number of methoxy groups -OCH3 is 1. The highest BCUT2D eigenvalue weighted by molar-refractivity contribution is 6.08. The summed E-state index contributed by atoms with van der Waals surface area (Å²) in [6, 6.07) is 5.74. The lowest BCUT2D eigenvalue weighted by Crippen LogP contribution is -2.27. The molecule has 2 heterocycles. The Morgan fingerprint density at radius 1 is 1.38 bits per heavy atom. The van der Waals surface area contributed by atoms with Crippen LogP contribution in [0.1, 0.15) is 27.8 Å². The van der Waals surface area contributed by atoms with Crippen molar-refractivity contribution in [1.29, 1.82) is 0 Å². The molecule has 0 radical (unpaired) electrons. The average molecular weight is 328 g/mol. The summed E-state index contributed by atoms with van der Waals surface area (Å²) in [5.41, 5.74) is 2.54. The first kappa shape index (κ1) is 16.0. The van der Waals surface area contributed by atoms with Crippen LogP contribution in [-0.4, -0.2) is 39.7 Å². The van der Waals surface area contributed by atoms with E-state index in [-0.39, 0.29) is 12.5 Å². The molecule has 24 heavy (non-hydrogen) atoms. The third kappa shape index (κ3) is 2.62. The molecule has 0 aliphatic heterocycles. The maximum Gasteiger partial charge on any atom is 0.256 e. The standard InChI is InChI=1S/C17H20N4O3/c1-10-16(13-8-12(23-5)6-7-14(13)21(10)4)17(22)20(3)9-15-18-11(2)19-24-15/h6-8H,9H2,1-5H3. The van der Waals surface area contributed by atoms with E-state index in [0.29, 0.717) is 17.3 Å². The van der Waals surface area contributed by atoms with Gasteiger partial charge in [0.05, 0.1) is 19.2 Å². The number of carbonyl (C=O) groups excluding carboxylic acids is 1. The Balaban J connectivity index is 2.00. The summed E-state index contributed by atoms with van der Waals surface area (Å²) in [6.07, 6.45) is 0. The normalized spacial score (nSPS) is 11.0. The highest BCUT2D eigenvalue weighted by Crippen LogP contribution is 2.29. The number of carbonyl (C=O) groups is 1.